The van der Waals surface area contributed by atoms with Crippen LogP contribution in [0.25, 0.3) is 0 Å². The molecule has 0 aliphatic carbocycles. The van der Waals surface area contributed by atoms with Gasteiger partial charge in [-0.25, -0.2) is 13.1 Å². The number of carbonyl (C=O) groups excluding carboxylic acids is 2. The van der Waals surface area contributed by atoms with Crippen molar-refractivity contribution < 1.29 is 18.0 Å². The van der Waals surface area contributed by atoms with Crippen molar-refractivity contribution >= 4 is 48.9 Å². The smallest absolute Gasteiger partial charge is 0.273 e. The Hall–Kier alpha value is -0.120. The Balaban J connectivity index is 2.38. The first kappa shape index (κ1) is 12.9. The van der Waals surface area contributed by atoms with Gasteiger partial charge in [0, 0.05) is 13.1 Å². The van der Waals surface area contributed by atoms with E-state index in [1.165, 1.54) is 0 Å². The molecule has 1 saturated heterocycles. The van der Waals surface area contributed by atoms with Gasteiger partial charge in [-0.2, -0.15) is 0 Å². The van der Waals surface area contributed by atoms with E-state index in [0.29, 0.717) is 0 Å². The van der Waals surface area contributed by atoms with Gasteiger partial charge in [-0.3, -0.25) is 14.5 Å². The molecule has 0 spiro atoms. The van der Waals surface area contributed by atoms with Gasteiger partial charge >= 0.3 is 0 Å². The standard InChI is InChI=1S/C6H9BrN2O4S2/c7-4-15(12,13)8-1-2-9-5(10)3-14-6(9)11/h8H,1-4H2. The summed E-state index contributed by atoms with van der Waals surface area (Å²) in [7, 11) is -3.34. The SMILES string of the molecule is O=C1CSC(=O)N1CCNS(=O)(=O)CBr. The molecule has 0 aromatic rings. The van der Waals surface area contributed by atoms with Crippen molar-refractivity contribution in [1.29, 1.82) is 0 Å². The molecule has 2 amide bonds. The van der Waals surface area contributed by atoms with E-state index in [9.17, 15) is 18.0 Å². The summed E-state index contributed by atoms with van der Waals surface area (Å²) in [6.07, 6.45) is 0. The highest BCUT2D eigenvalue weighted by Gasteiger charge is 2.29. The molecule has 1 aliphatic heterocycles. The molecule has 86 valence electrons. The van der Waals surface area contributed by atoms with Crippen molar-refractivity contribution in [1.82, 2.24) is 9.62 Å². The molecule has 1 fully saturated rings. The Kier molecular flexibility index (Phi) is 4.56. The molecule has 1 rings (SSSR count). The van der Waals surface area contributed by atoms with Gasteiger partial charge in [-0.15, -0.1) is 0 Å². The average Bonchev–Trinajstić information content (AvgIpc) is 2.49. The molecule has 0 saturated carbocycles. The second kappa shape index (κ2) is 5.28. The van der Waals surface area contributed by atoms with Crippen LogP contribution in [0.5, 0.6) is 0 Å². The molecule has 15 heavy (non-hydrogen) atoms. The number of alkyl halides is 1. The van der Waals surface area contributed by atoms with Crippen molar-refractivity contribution in [2.75, 3.05) is 23.5 Å². The van der Waals surface area contributed by atoms with Crippen LogP contribution in [-0.4, -0.2) is 48.0 Å². The number of carbonyl (C=O) groups is 2. The van der Waals surface area contributed by atoms with Crippen LogP contribution in [-0.2, 0) is 14.8 Å². The molecule has 1 aliphatic rings. The third-order valence-corrected chi connectivity index (χ3v) is 5.24. The second-order valence-electron chi connectivity index (χ2n) is 2.72. The van der Waals surface area contributed by atoms with E-state index < -0.39 is 10.0 Å². The summed E-state index contributed by atoms with van der Waals surface area (Å²) in [5.41, 5.74) is 0. The Morgan fingerprint density at radius 2 is 2.13 bits per heavy atom. The first-order valence-corrected chi connectivity index (χ1v) is 7.72. The zero-order chi connectivity index (χ0) is 11.5. The van der Waals surface area contributed by atoms with Crippen LogP contribution in [0.15, 0.2) is 0 Å². The largest absolute Gasteiger partial charge is 0.288 e. The van der Waals surface area contributed by atoms with Crippen molar-refractivity contribution in [3.63, 3.8) is 0 Å². The molecule has 1 N–H and O–H groups in total. The number of nitrogens with zero attached hydrogens (tertiary/aromatic N) is 1. The number of halogens is 1. The molecule has 6 nitrogen and oxygen atoms in total. The van der Waals surface area contributed by atoms with Crippen LogP contribution in [0.2, 0.25) is 0 Å². The van der Waals surface area contributed by atoms with Gasteiger partial charge in [0.25, 0.3) is 5.24 Å². The van der Waals surface area contributed by atoms with Gasteiger partial charge in [0.05, 0.1) is 5.75 Å². The lowest BCUT2D eigenvalue weighted by Gasteiger charge is -2.12. The third kappa shape index (κ3) is 3.74. The fraction of sp³-hybridized carbons (Fsp3) is 0.667. The van der Waals surface area contributed by atoms with Crippen LogP contribution in [0.1, 0.15) is 0 Å². The van der Waals surface area contributed by atoms with E-state index >= 15 is 0 Å². The van der Waals surface area contributed by atoms with E-state index in [1.54, 1.807) is 0 Å². The summed E-state index contributed by atoms with van der Waals surface area (Å²) in [6, 6.07) is 0. The number of thioether (sulfide) groups is 1. The molecule has 0 radical (unpaired) electrons. The fourth-order valence-electron chi connectivity index (χ4n) is 0.949. The predicted molar refractivity (Wildman–Crippen MR) is 60.3 cm³/mol. The van der Waals surface area contributed by atoms with Crippen LogP contribution in [0, 0.1) is 0 Å². The zero-order valence-electron chi connectivity index (χ0n) is 7.60. The Bertz CT molecular complexity index is 353. The highest BCUT2D eigenvalue weighted by atomic mass is 79.9. The molecular formula is C6H9BrN2O4S2. The molecule has 0 bridgehead atoms. The summed E-state index contributed by atoms with van der Waals surface area (Å²) in [5.74, 6) is -0.132. The fourth-order valence-corrected chi connectivity index (χ4v) is 2.67. The summed E-state index contributed by atoms with van der Waals surface area (Å²) in [4.78, 5) is 23.2. The number of imide groups is 1. The van der Waals surface area contributed by atoms with Crippen molar-refractivity contribution in [3.8, 4) is 0 Å². The van der Waals surface area contributed by atoms with Crippen LogP contribution >= 0.6 is 27.7 Å². The highest BCUT2D eigenvalue weighted by Crippen LogP contribution is 2.17. The lowest BCUT2D eigenvalue weighted by Crippen LogP contribution is -2.37. The van der Waals surface area contributed by atoms with E-state index in [2.05, 4.69) is 20.7 Å². The van der Waals surface area contributed by atoms with Gasteiger partial charge in [-0.05, 0) is 0 Å². The molecule has 0 atom stereocenters. The van der Waals surface area contributed by atoms with Crippen LogP contribution in [0.4, 0.5) is 4.79 Å². The number of rotatable bonds is 5. The first-order valence-electron chi connectivity index (χ1n) is 3.96. The van der Waals surface area contributed by atoms with E-state index in [4.69, 9.17) is 0 Å². The summed E-state index contributed by atoms with van der Waals surface area (Å²) < 4.78 is 24.0. The minimum absolute atomic E-state index is 0.0476. The van der Waals surface area contributed by atoms with Crippen LogP contribution < -0.4 is 4.72 Å². The average molecular weight is 317 g/mol. The maximum Gasteiger partial charge on any atom is 0.288 e. The summed E-state index contributed by atoms with van der Waals surface area (Å²) >= 11 is 3.73. The van der Waals surface area contributed by atoms with Crippen LogP contribution in [0.3, 0.4) is 0 Å². The normalized spacial score (nSPS) is 17.5. The molecule has 1 heterocycles. The van der Waals surface area contributed by atoms with Gasteiger partial charge in [-0.1, -0.05) is 27.7 Å². The quantitative estimate of drug-likeness (QED) is 0.719. The number of hydrogen-bond acceptors (Lipinski definition) is 5. The van der Waals surface area contributed by atoms with E-state index in [1.807, 2.05) is 0 Å². The maximum absolute atomic E-state index is 11.1. The van der Waals surface area contributed by atoms with Gasteiger partial charge in [0.2, 0.25) is 15.9 Å². The van der Waals surface area contributed by atoms with Gasteiger partial charge in [0.15, 0.2) is 0 Å². The lowest BCUT2D eigenvalue weighted by molar-refractivity contribution is -0.124. The third-order valence-electron chi connectivity index (χ3n) is 1.64. The number of hydrogen-bond donors (Lipinski definition) is 1. The maximum atomic E-state index is 11.1. The Morgan fingerprint density at radius 3 is 2.60 bits per heavy atom. The second-order valence-corrected chi connectivity index (χ2v) is 6.75. The number of sulfonamides is 1. The minimum atomic E-state index is -3.34. The monoisotopic (exact) mass is 316 g/mol. The van der Waals surface area contributed by atoms with Crippen molar-refractivity contribution in [2.24, 2.45) is 0 Å². The Morgan fingerprint density at radius 1 is 1.47 bits per heavy atom. The van der Waals surface area contributed by atoms with Crippen molar-refractivity contribution in [2.45, 2.75) is 0 Å². The summed E-state index contributed by atoms with van der Waals surface area (Å²) in [6.45, 7) is 0.128. The minimum Gasteiger partial charge on any atom is -0.273 e. The molecular weight excluding hydrogens is 308 g/mol. The van der Waals surface area contributed by atoms with Gasteiger partial charge < -0.3 is 0 Å². The van der Waals surface area contributed by atoms with Crippen molar-refractivity contribution in [3.05, 3.63) is 0 Å². The molecule has 0 unspecified atom stereocenters. The number of nitrogens with one attached hydrogen (secondary N) is 1. The Labute approximate surface area is 99.9 Å². The number of amides is 2. The molecule has 0 aromatic heterocycles. The summed E-state index contributed by atoms with van der Waals surface area (Å²) in [5, 5.41) is -0.321. The molecule has 0 aromatic carbocycles. The van der Waals surface area contributed by atoms with E-state index in [-0.39, 0.29) is 34.7 Å². The zero-order valence-corrected chi connectivity index (χ0v) is 10.8. The predicted octanol–water partition coefficient (Wildman–Crippen LogP) is -0.0464. The highest BCUT2D eigenvalue weighted by molar-refractivity contribution is 9.10. The molecule has 9 heteroatoms. The lowest BCUT2D eigenvalue weighted by atomic mass is 10.5. The van der Waals surface area contributed by atoms with E-state index in [0.717, 1.165) is 16.7 Å². The van der Waals surface area contributed by atoms with Gasteiger partial charge in [0.1, 0.15) is 4.66 Å². The topological polar surface area (TPSA) is 83.6 Å². The first-order chi connectivity index (χ1) is 6.96.